The summed E-state index contributed by atoms with van der Waals surface area (Å²) in [5.74, 6) is -0.938. The van der Waals surface area contributed by atoms with Crippen molar-refractivity contribution in [1.29, 1.82) is 0 Å². The average Bonchev–Trinajstić information content (AvgIpc) is 2.09. The summed E-state index contributed by atoms with van der Waals surface area (Å²) < 4.78 is 26.7. The van der Waals surface area contributed by atoms with Gasteiger partial charge in [0.05, 0.1) is 0 Å². The first kappa shape index (κ1) is 12.6. The van der Waals surface area contributed by atoms with Crippen LogP contribution < -0.4 is 0 Å². The van der Waals surface area contributed by atoms with Gasteiger partial charge in [-0.05, 0) is 24.0 Å². The third-order valence-electron chi connectivity index (χ3n) is 2.38. The van der Waals surface area contributed by atoms with Gasteiger partial charge in [-0.3, -0.25) is 0 Å². The van der Waals surface area contributed by atoms with E-state index in [-0.39, 0.29) is 15.8 Å². The Morgan fingerprint density at radius 3 is 2.07 bits per heavy atom. The Kier molecular flexibility index (Phi) is 3.87. The van der Waals surface area contributed by atoms with Crippen molar-refractivity contribution in [3.63, 3.8) is 0 Å². The molecule has 0 bridgehead atoms. The smallest absolute Gasteiger partial charge is 0.129 e. The van der Waals surface area contributed by atoms with E-state index in [1.807, 2.05) is 20.8 Å². The molecule has 0 aliphatic heterocycles. The second-order valence-electron chi connectivity index (χ2n) is 4.74. The lowest BCUT2D eigenvalue weighted by Gasteiger charge is -2.25. The van der Waals surface area contributed by atoms with Crippen molar-refractivity contribution in [3.05, 3.63) is 35.4 Å². The predicted octanol–water partition coefficient (Wildman–Crippen LogP) is 4.32. The minimum absolute atomic E-state index is 0.0191. The summed E-state index contributed by atoms with van der Waals surface area (Å²) in [6, 6.07) is 3.97. The molecule has 0 nitrogen and oxygen atoms in total. The number of benzene rings is 1. The van der Waals surface area contributed by atoms with Crippen LogP contribution in [-0.4, -0.2) is 4.83 Å². The highest BCUT2D eigenvalue weighted by Gasteiger charge is 2.24. The van der Waals surface area contributed by atoms with Crippen LogP contribution in [0.3, 0.4) is 0 Å². The van der Waals surface area contributed by atoms with Gasteiger partial charge in [0, 0.05) is 10.4 Å². The molecule has 84 valence electrons. The summed E-state index contributed by atoms with van der Waals surface area (Å²) in [6.45, 7) is 6.10. The summed E-state index contributed by atoms with van der Waals surface area (Å²) in [5, 5.41) is 0. The molecule has 3 heteroatoms. The van der Waals surface area contributed by atoms with Gasteiger partial charge in [-0.25, -0.2) is 8.78 Å². The van der Waals surface area contributed by atoms with E-state index < -0.39 is 11.6 Å². The Labute approximate surface area is 97.8 Å². The van der Waals surface area contributed by atoms with Gasteiger partial charge in [-0.15, -0.1) is 0 Å². The lowest BCUT2D eigenvalue weighted by molar-refractivity contribution is 0.391. The zero-order valence-electron chi connectivity index (χ0n) is 9.15. The number of hydrogen-bond acceptors (Lipinski definition) is 0. The van der Waals surface area contributed by atoms with E-state index in [0.717, 1.165) is 0 Å². The molecule has 1 atom stereocenters. The minimum atomic E-state index is -0.469. The SMILES string of the molecule is CC(C)(C)C(Br)Cc1c(F)cccc1F. The molecule has 0 radical (unpaired) electrons. The Morgan fingerprint density at radius 2 is 1.67 bits per heavy atom. The second kappa shape index (κ2) is 4.60. The average molecular weight is 277 g/mol. The third kappa shape index (κ3) is 3.26. The maximum Gasteiger partial charge on any atom is 0.129 e. The van der Waals surface area contributed by atoms with Crippen molar-refractivity contribution in [3.8, 4) is 0 Å². The second-order valence-corrected chi connectivity index (χ2v) is 5.84. The lowest BCUT2D eigenvalue weighted by Crippen LogP contribution is -2.23. The van der Waals surface area contributed by atoms with Gasteiger partial charge >= 0.3 is 0 Å². The fraction of sp³-hybridized carbons (Fsp3) is 0.500. The molecule has 15 heavy (non-hydrogen) atoms. The molecule has 0 heterocycles. The summed E-state index contributed by atoms with van der Waals surface area (Å²) in [6.07, 6.45) is 0.363. The van der Waals surface area contributed by atoms with Crippen LogP contribution in [0, 0.1) is 17.0 Å². The molecule has 0 aromatic heterocycles. The van der Waals surface area contributed by atoms with E-state index in [1.54, 1.807) is 0 Å². The first-order chi connectivity index (χ1) is 6.82. The molecule has 1 unspecified atom stereocenters. The fourth-order valence-electron chi connectivity index (χ4n) is 1.21. The zero-order valence-corrected chi connectivity index (χ0v) is 10.7. The predicted molar refractivity (Wildman–Crippen MR) is 62.2 cm³/mol. The highest BCUT2D eigenvalue weighted by atomic mass is 79.9. The first-order valence-corrected chi connectivity index (χ1v) is 5.81. The van der Waals surface area contributed by atoms with Crippen molar-refractivity contribution < 1.29 is 8.78 Å². The van der Waals surface area contributed by atoms with Crippen LogP contribution in [0.5, 0.6) is 0 Å². The van der Waals surface area contributed by atoms with E-state index in [4.69, 9.17) is 0 Å². The van der Waals surface area contributed by atoms with Gasteiger partial charge in [-0.1, -0.05) is 42.8 Å². The van der Waals surface area contributed by atoms with Crippen LogP contribution in [0.4, 0.5) is 8.78 Å². The van der Waals surface area contributed by atoms with E-state index in [2.05, 4.69) is 15.9 Å². The Balaban J connectivity index is 2.90. The zero-order chi connectivity index (χ0) is 11.6. The number of alkyl halides is 1. The number of hydrogen-bond donors (Lipinski definition) is 0. The van der Waals surface area contributed by atoms with Crippen molar-refractivity contribution in [1.82, 2.24) is 0 Å². The topological polar surface area (TPSA) is 0 Å². The quantitative estimate of drug-likeness (QED) is 0.706. The van der Waals surface area contributed by atoms with E-state index in [9.17, 15) is 8.78 Å². The molecule has 0 saturated heterocycles. The fourth-order valence-corrected chi connectivity index (χ4v) is 1.54. The molecule has 0 aliphatic carbocycles. The van der Waals surface area contributed by atoms with Gasteiger partial charge in [0.25, 0.3) is 0 Å². The largest absolute Gasteiger partial charge is 0.207 e. The van der Waals surface area contributed by atoms with Crippen molar-refractivity contribution in [2.45, 2.75) is 32.0 Å². The molecule has 1 aromatic carbocycles. The number of rotatable bonds is 2. The maximum absolute atomic E-state index is 13.3. The molecule has 0 aliphatic rings. The summed E-state index contributed by atoms with van der Waals surface area (Å²) in [7, 11) is 0. The maximum atomic E-state index is 13.3. The van der Waals surface area contributed by atoms with E-state index >= 15 is 0 Å². The molecule has 0 saturated carbocycles. The molecule has 0 spiro atoms. The molecule has 0 fully saturated rings. The van der Waals surface area contributed by atoms with Gasteiger partial charge in [0.1, 0.15) is 11.6 Å². The standard InChI is InChI=1S/C12H15BrF2/c1-12(2,3)11(13)7-8-9(14)5-4-6-10(8)15/h4-6,11H,7H2,1-3H3. The lowest BCUT2D eigenvalue weighted by atomic mass is 9.88. The van der Waals surface area contributed by atoms with Gasteiger partial charge in [0.15, 0.2) is 0 Å². The Morgan fingerprint density at radius 1 is 1.20 bits per heavy atom. The van der Waals surface area contributed by atoms with Crippen molar-refractivity contribution in [2.75, 3.05) is 0 Å². The monoisotopic (exact) mass is 276 g/mol. The molecule has 0 amide bonds. The van der Waals surface area contributed by atoms with Gasteiger partial charge < -0.3 is 0 Å². The Hall–Kier alpha value is -0.440. The highest BCUT2D eigenvalue weighted by molar-refractivity contribution is 9.09. The normalized spacial score (nSPS) is 14.0. The molecular formula is C12H15BrF2. The van der Waals surface area contributed by atoms with E-state index in [1.165, 1.54) is 18.2 Å². The molecule has 1 aromatic rings. The van der Waals surface area contributed by atoms with Crippen LogP contribution in [0.2, 0.25) is 0 Å². The Bertz CT molecular complexity index is 322. The molecular weight excluding hydrogens is 262 g/mol. The van der Waals surface area contributed by atoms with Crippen molar-refractivity contribution >= 4 is 15.9 Å². The van der Waals surface area contributed by atoms with E-state index in [0.29, 0.717) is 6.42 Å². The third-order valence-corrected chi connectivity index (χ3v) is 4.08. The molecule has 1 rings (SSSR count). The van der Waals surface area contributed by atoms with Crippen LogP contribution >= 0.6 is 15.9 Å². The number of halogens is 3. The van der Waals surface area contributed by atoms with Crippen LogP contribution in [0.1, 0.15) is 26.3 Å². The van der Waals surface area contributed by atoms with Gasteiger partial charge in [0.2, 0.25) is 0 Å². The van der Waals surface area contributed by atoms with Crippen molar-refractivity contribution in [2.24, 2.45) is 5.41 Å². The summed E-state index contributed by atoms with van der Waals surface area (Å²) >= 11 is 3.47. The summed E-state index contributed by atoms with van der Waals surface area (Å²) in [4.78, 5) is 0.0522. The minimum Gasteiger partial charge on any atom is -0.207 e. The van der Waals surface area contributed by atoms with Crippen LogP contribution in [0.25, 0.3) is 0 Å². The highest BCUT2D eigenvalue weighted by Crippen LogP contribution is 2.30. The first-order valence-electron chi connectivity index (χ1n) is 4.89. The van der Waals surface area contributed by atoms with Crippen LogP contribution in [-0.2, 0) is 6.42 Å². The van der Waals surface area contributed by atoms with Crippen LogP contribution in [0.15, 0.2) is 18.2 Å². The van der Waals surface area contributed by atoms with Gasteiger partial charge in [-0.2, -0.15) is 0 Å². The summed E-state index contributed by atoms with van der Waals surface area (Å²) in [5.41, 5.74) is 0.142. The molecule has 0 N–H and O–H groups in total.